The molecule has 0 heterocycles. The Hall–Kier alpha value is 0.148. The average Bonchev–Trinajstić information content (AvgIpc) is 2.03. The monoisotopic (exact) mass is 282 g/mol. The van der Waals surface area contributed by atoms with Gasteiger partial charge in [0.2, 0.25) is 4.38 Å². The van der Waals surface area contributed by atoms with Gasteiger partial charge < -0.3 is 4.74 Å². The molecular formula is C8H8MoOS2. The molecule has 0 unspecified atom stereocenters. The largest absolute Gasteiger partial charge is 0.474 e. The fourth-order valence-corrected chi connectivity index (χ4v) is 0.843. The van der Waals surface area contributed by atoms with E-state index in [9.17, 15) is 0 Å². The van der Waals surface area contributed by atoms with Crippen molar-refractivity contribution in [2.45, 2.75) is 6.61 Å². The maximum atomic E-state index is 5.02. The van der Waals surface area contributed by atoms with E-state index in [1.165, 1.54) is 0 Å². The molecule has 0 aliphatic heterocycles. The molecule has 1 aromatic carbocycles. The molecule has 64 valence electrons. The Labute approximate surface area is 97.2 Å². The third-order valence-electron chi connectivity index (χ3n) is 1.21. The number of hydrogen-bond donors (Lipinski definition) is 1. The molecule has 0 spiro atoms. The van der Waals surface area contributed by atoms with Crippen LogP contribution in [-0.4, -0.2) is 4.38 Å². The van der Waals surface area contributed by atoms with Crippen LogP contribution in [0.1, 0.15) is 5.56 Å². The van der Waals surface area contributed by atoms with Crippen LogP contribution in [0.25, 0.3) is 0 Å². The van der Waals surface area contributed by atoms with Crippen LogP contribution in [0.15, 0.2) is 30.3 Å². The van der Waals surface area contributed by atoms with Gasteiger partial charge in [0, 0.05) is 21.1 Å². The molecule has 1 nitrogen and oxygen atoms in total. The zero-order chi connectivity index (χ0) is 8.10. The number of thiocarbonyl (C=S) groups is 1. The van der Waals surface area contributed by atoms with E-state index in [1.54, 1.807) is 0 Å². The summed E-state index contributed by atoms with van der Waals surface area (Å²) in [6.07, 6.45) is 0. The van der Waals surface area contributed by atoms with Crippen molar-refractivity contribution in [2.75, 3.05) is 0 Å². The van der Waals surface area contributed by atoms with Crippen LogP contribution in [0.3, 0.4) is 0 Å². The molecule has 1 aromatic rings. The fraction of sp³-hybridized carbons (Fsp3) is 0.125. The summed E-state index contributed by atoms with van der Waals surface area (Å²) in [6, 6.07) is 9.83. The molecule has 0 N–H and O–H groups in total. The average molecular weight is 280 g/mol. The van der Waals surface area contributed by atoms with Crippen molar-refractivity contribution in [3.05, 3.63) is 35.9 Å². The Morgan fingerprint density at radius 2 is 1.92 bits per heavy atom. The van der Waals surface area contributed by atoms with Crippen LogP contribution in [0.4, 0.5) is 0 Å². The van der Waals surface area contributed by atoms with Gasteiger partial charge >= 0.3 is 0 Å². The number of benzene rings is 1. The van der Waals surface area contributed by atoms with Gasteiger partial charge in [0.1, 0.15) is 6.61 Å². The second-order valence-electron chi connectivity index (χ2n) is 2.04. The minimum Gasteiger partial charge on any atom is -0.474 e. The topological polar surface area (TPSA) is 9.23 Å². The van der Waals surface area contributed by atoms with E-state index in [-0.39, 0.29) is 25.4 Å². The van der Waals surface area contributed by atoms with E-state index in [4.69, 9.17) is 4.74 Å². The molecule has 0 aliphatic rings. The molecule has 1 rings (SSSR count). The molecule has 0 amide bonds. The van der Waals surface area contributed by atoms with Crippen LogP contribution >= 0.6 is 24.8 Å². The molecule has 0 fully saturated rings. The minimum absolute atomic E-state index is 0. The molecule has 4 heteroatoms. The minimum atomic E-state index is 0. The van der Waals surface area contributed by atoms with Crippen LogP contribution in [0.2, 0.25) is 0 Å². The second kappa shape index (κ2) is 6.64. The summed E-state index contributed by atoms with van der Waals surface area (Å²) in [4.78, 5) is 0. The van der Waals surface area contributed by atoms with Crippen molar-refractivity contribution in [3.8, 4) is 0 Å². The Morgan fingerprint density at radius 3 is 2.42 bits per heavy atom. The van der Waals surface area contributed by atoms with Gasteiger partial charge in [-0.1, -0.05) is 43.0 Å². The van der Waals surface area contributed by atoms with Crippen LogP contribution in [0, 0.1) is 0 Å². The zero-order valence-electron chi connectivity index (χ0n) is 6.27. The van der Waals surface area contributed by atoms with E-state index in [1.807, 2.05) is 30.3 Å². The van der Waals surface area contributed by atoms with Gasteiger partial charge in [-0.05, 0) is 17.8 Å². The summed E-state index contributed by atoms with van der Waals surface area (Å²) in [6.45, 7) is 0.503. The number of rotatable bonds is 2. The van der Waals surface area contributed by atoms with E-state index in [0.717, 1.165) is 5.56 Å². The van der Waals surface area contributed by atoms with Gasteiger partial charge in [-0.3, -0.25) is 0 Å². The van der Waals surface area contributed by atoms with E-state index >= 15 is 0 Å². The first-order chi connectivity index (χ1) is 5.29. The van der Waals surface area contributed by atoms with Gasteiger partial charge in [0.05, 0.1) is 0 Å². The standard InChI is InChI=1S/C8H8OS2.Mo/c10-8(11)9-6-7-4-2-1-3-5-7;/h1-5H,6H2,(H,10,11);. The Balaban J connectivity index is 0.00000121. The normalized spacial score (nSPS) is 8.42. The first-order valence-electron chi connectivity index (χ1n) is 3.18. The van der Waals surface area contributed by atoms with Crippen molar-refractivity contribution in [1.82, 2.24) is 0 Å². The predicted octanol–water partition coefficient (Wildman–Crippen LogP) is 2.42. The molecule has 0 bridgehead atoms. The smallest absolute Gasteiger partial charge is 0.217 e. The fourth-order valence-electron chi connectivity index (χ4n) is 0.719. The van der Waals surface area contributed by atoms with Crippen molar-refractivity contribution < 1.29 is 25.8 Å². The van der Waals surface area contributed by atoms with E-state index in [0.29, 0.717) is 6.61 Å². The Morgan fingerprint density at radius 1 is 1.33 bits per heavy atom. The molecule has 0 aliphatic carbocycles. The van der Waals surface area contributed by atoms with Gasteiger partial charge in [0.25, 0.3) is 0 Å². The molecule has 12 heavy (non-hydrogen) atoms. The van der Waals surface area contributed by atoms with Crippen molar-refractivity contribution in [1.29, 1.82) is 0 Å². The van der Waals surface area contributed by atoms with Crippen LogP contribution in [0.5, 0.6) is 0 Å². The number of ether oxygens (including phenoxy) is 1. The van der Waals surface area contributed by atoms with Crippen LogP contribution < -0.4 is 0 Å². The Kier molecular flexibility index (Phi) is 6.72. The predicted molar refractivity (Wildman–Crippen MR) is 52.8 cm³/mol. The maximum absolute atomic E-state index is 5.02. The third-order valence-corrected chi connectivity index (χ3v) is 1.45. The summed E-state index contributed by atoms with van der Waals surface area (Å²) in [5, 5.41) is 0. The summed E-state index contributed by atoms with van der Waals surface area (Å²) in [7, 11) is 0. The molecule has 0 saturated heterocycles. The molecule has 0 aromatic heterocycles. The second-order valence-corrected chi connectivity index (χ2v) is 3.12. The number of thiol groups is 1. The first kappa shape index (κ1) is 12.1. The summed E-state index contributed by atoms with van der Waals surface area (Å²) in [5.41, 5.74) is 1.10. The van der Waals surface area contributed by atoms with Gasteiger partial charge in [-0.2, -0.15) is 0 Å². The molecule has 0 saturated carbocycles. The maximum Gasteiger partial charge on any atom is 0.217 e. The summed E-state index contributed by atoms with van der Waals surface area (Å²) < 4.78 is 5.31. The van der Waals surface area contributed by atoms with Gasteiger partial charge in [-0.15, -0.1) is 0 Å². The molecular weight excluding hydrogens is 272 g/mol. The van der Waals surface area contributed by atoms with Gasteiger partial charge in [0.15, 0.2) is 0 Å². The summed E-state index contributed by atoms with van der Waals surface area (Å²) in [5.74, 6) is 0. The zero-order valence-corrected chi connectivity index (χ0v) is 9.98. The Bertz CT molecular complexity index is 238. The van der Waals surface area contributed by atoms with Gasteiger partial charge in [-0.25, -0.2) is 0 Å². The van der Waals surface area contributed by atoms with Crippen molar-refractivity contribution >= 4 is 29.2 Å². The summed E-state index contributed by atoms with van der Waals surface area (Å²) >= 11 is 8.47. The quantitative estimate of drug-likeness (QED) is 0.506. The number of hydrogen-bond acceptors (Lipinski definition) is 2. The SMILES string of the molecule is S=C(S)OCc1ccccc1.[Mo]. The van der Waals surface area contributed by atoms with E-state index < -0.39 is 0 Å². The first-order valence-corrected chi connectivity index (χ1v) is 4.04. The van der Waals surface area contributed by atoms with Crippen molar-refractivity contribution in [3.63, 3.8) is 0 Å². The van der Waals surface area contributed by atoms with E-state index in [2.05, 4.69) is 24.8 Å². The third kappa shape index (κ3) is 4.91. The molecule has 0 radical (unpaired) electrons. The van der Waals surface area contributed by atoms with Crippen LogP contribution in [-0.2, 0) is 32.4 Å². The molecule has 0 atom stereocenters. The van der Waals surface area contributed by atoms with Crippen molar-refractivity contribution in [2.24, 2.45) is 0 Å².